The van der Waals surface area contributed by atoms with E-state index in [1.165, 1.54) is 77.0 Å². The molecule has 0 aromatic heterocycles. The predicted octanol–water partition coefficient (Wildman–Crippen LogP) is 5.29. The first-order chi connectivity index (χ1) is 9.35. The van der Waals surface area contributed by atoms with E-state index in [4.69, 9.17) is 0 Å². The highest BCUT2D eigenvalue weighted by Gasteiger charge is 2.33. The summed E-state index contributed by atoms with van der Waals surface area (Å²) in [6.45, 7) is 4.66. The van der Waals surface area contributed by atoms with E-state index in [-0.39, 0.29) is 0 Å². The maximum atomic E-state index is 4.10. The van der Waals surface area contributed by atoms with Gasteiger partial charge in [-0.25, -0.2) is 0 Å². The van der Waals surface area contributed by atoms with Gasteiger partial charge in [0.05, 0.1) is 0 Å². The normalized spacial score (nSPS) is 35.1. The first-order valence-corrected chi connectivity index (χ1v) is 9.11. The number of unbranched alkanes of at least 4 members (excludes halogenated alkanes) is 2. The van der Waals surface area contributed by atoms with Crippen LogP contribution in [0.15, 0.2) is 0 Å². The zero-order chi connectivity index (χ0) is 13.5. The average Bonchev–Trinajstić information content (AvgIpc) is 3.04. The van der Waals surface area contributed by atoms with Gasteiger partial charge in [-0.3, -0.25) is 0 Å². The van der Waals surface area contributed by atoms with Crippen LogP contribution in [0.1, 0.15) is 90.9 Å². The summed E-state index contributed by atoms with van der Waals surface area (Å²) in [5.41, 5.74) is 0. The quantitative estimate of drug-likeness (QED) is 0.628. The fourth-order valence-electron chi connectivity index (χ4n) is 4.41. The predicted molar refractivity (Wildman–Crippen MR) is 84.4 cm³/mol. The van der Waals surface area contributed by atoms with Crippen molar-refractivity contribution >= 4 is 0 Å². The van der Waals surface area contributed by atoms with Crippen molar-refractivity contribution in [3.63, 3.8) is 0 Å². The molecule has 0 aromatic carbocycles. The van der Waals surface area contributed by atoms with Gasteiger partial charge in [0.25, 0.3) is 0 Å². The Labute approximate surface area is 120 Å². The Bertz CT molecular complexity index is 214. The third-order valence-electron chi connectivity index (χ3n) is 5.60. The van der Waals surface area contributed by atoms with Crippen LogP contribution >= 0.6 is 0 Å². The standard InChI is InChI=1S/C18H35N/c1-3-5-9-15-11-7-13-17(15)19-18-14-8-12-16(18)10-6-4-2/h15-19H,3-14H2,1-2H3. The van der Waals surface area contributed by atoms with E-state index >= 15 is 0 Å². The van der Waals surface area contributed by atoms with Gasteiger partial charge in [0.1, 0.15) is 0 Å². The molecule has 0 aromatic rings. The van der Waals surface area contributed by atoms with E-state index in [1.807, 2.05) is 0 Å². The maximum absolute atomic E-state index is 4.10. The first kappa shape index (κ1) is 15.4. The van der Waals surface area contributed by atoms with E-state index in [2.05, 4.69) is 19.2 Å². The Balaban J connectivity index is 1.78. The van der Waals surface area contributed by atoms with Crippen LogP contribution < -0.4 is 5.32 Å². The molecule has 2 aliphatic carbocycles. The Morgan fingerprint density at radius 3 is 1.63 bits per heavy atom. The van der Waals surface area contributed by atoms with Gasteiger partial charge in [-0.1, -0.05) is 52.4 Å². The van der Waals surface area contributed by atoms with Crippen molar-refractivity contribution in [2.75, 3.05) is 0 Å². The summed E-state index contributed by atoms with van der Waals surface area (Å²) in [7, 11) is 0. The monoisotopic (exact) mass is 265 g/mol. The second-order valence-electron chi connectivity index (χ2n) is 7.05. The molecule has 0 bridgehead atoms. The molecular weight excluding hydrogens is 230 g/mol. The number of hydrogen-bond acceptors (Lipinski definition) is 1. The van der Waals surface area contributed by atoms with Crippen molar-refractivity contribution in [1.29, 1.82) is 0 Å². The van der Waals surface area contributed by atoms with E-state index in [9.17, 15) is 0 Å². The van der Waals surface area contributed by atoms with Crippen molar-refractivity contribution < 1.29 is 0 Å². The molecule has 2 saturated carbocycles. The van der Waals surface area contributed by atoms with E-state index in [0.29, 0.717) is 0 Å². The molecule has 19 heavy (non-hydrogen) atoms. The van der Waals surface area contributed by atoms with Gasteiger partial charge >= 0.3 is 0 Å². The minimum atomic E-state index is 0.860. The Morgan fingerprint density at radius 1 is 0.737 bits per heavy atom. The van der Waals surface area contributed by atoms with Crippen LogP contribution in [0.25, 0.3) is 0 Å². The summed E-state index contributed by atoms with van der Waals surface area (Å²) in [6.07, 6.45) is 17.4. The van der Waals surface area contributed by atoms with Crippen LogP contribution in [-0.2, 0) is 0 Å². The lowest BCUT2D eigenvalue weighted by Gasteiger charge is -2.28. The number of rotatable bonds is 8. The van der Waals surface area contributed by atoms with Crippen LogP contribution in [0.3, 0.4) is 0 Å². The van der Waals surface area contributed by atoms with Crippen molar-refractivity contribution in [3.8, 4) is 0 Å². The molecule has 1 N–H and O–H groups in total. The fraction of sp³-hybridized carbons (Fsp3) is 1.00. The molecule has 0 spiro atoms. The smallest absolute Gasteiger partial charge is 0.00980 e. The minimum absolute atomic E-state index is 0.860. The topological polar surface area (TPSA) is 12.0 Å². The van der Waals surface area contributed by atoms with E-state index in [0.717, 1.165) is 23.9 Å². The molecule has 0 radical (unpaired) electrons. The van der Waals surface area contributed by atoms with Gasteiger partial charge in [-0.2, -0.15) is 0 Å². The second-order valence-corrected chi connectivity index (χ2v) is 7.05. The van der Waals surface area contributed by atoms with Crippen molar-refractivity contribution in [2.24, 2.45) is 11.8 Å². The van der Waals surface area contributed by atoms with Gasteiger partial charge in [0.2, 0.25) is 0 Å². The summed E-state index contributed by atoms with van der Waals surface area (Å²) in [6, 6.07) is 1.72. The molecule has 1 nitrogen and oxygen atoms in total. The zero-order valence-corrected chi connectivity index (χ0v) is 13.3. The third kappa shape index (κ3) is 4.48. The lowest BCUT2D eigenvalue weighted by Crippen LogP contribution is -2.42. The van der Waals surface area contributed by atoms with Crippen molar-refractivity contribution in [1.82, 2.24) is 5.32 Å². The molecule has 2 rings (SSSR count). The molecule has 2 fully saturated rings. The molecule has 4 atom stereocenters. The van der Waals surface area contributed by atoms with Crippen molar-refractivity contribution in [2.45, 2.75) is 103 Å². The maximum Gasteiger partial charge on any atom is 0.00980 e. The van der Waals surface area contributed by atoms with Gasteiger partial charge in [0.15, 0.2) is 0 Å². The van der Waals surface area contributed by atoms with Crippen LogP contribution in [0.2, 0.25) is 0 Å². The minimum Gasteiger partial charge on any atom is -0.311 e. The first-order valence-electron chi connectivity index (χ1n) is 9.11. The molecule has 0 amide bonds. The Hall–Kier alpha value is -0.0400. The second kappa shape index (κ2) is 8.29. The van der Waals surface area contributed by atoms with E-state index in [1.54, 1.807) is 0 Å². The number of nitrogens with one attached hydrogen (secondary N) is 1. The highest BCUT2D eigenvalue weighted by molar-refractivity contribution is 4.90. The SMILES string of the molecule is CCCCC1CCCC1NC1CCCC1CCCC. The molecular formula is C18H35N. The summed E-state index contributed by atoms with van der Waals surface area (Å²) in [5, 5.41) is 4.10. The molecule has 4 unspecified atom stereocenters. The van der Waals surface area contributed by atoms with Gasteiger partial charge in [-0.15, -0.1) is 0 Å². The highest BCUT2D eigenvalue weighted by atomic mass is 15.0. The zero-order valence-electron chi connectivity index (χ0n) is 13.3. The largest absolute Gasteiger partial charge is 0.311 e. The van der Waals surface area contributed by atoms with Crippen LogP contribution in [0.5, 0.6) is 0 Å². The summed E-state index contributed by atoms with van der Waals surface area (Å²) in [5.74, 6) is 1.99. The van der Waals surface area contributed by atoms with Gasteiger partial charge in [-0.05, 0) is 50.4 Å². The Kier molecular flexibility index (Phi) is 6.70. The summed E-state index contributed by atoms with van der Waals surface area (Å²) >= 11 is 0. The molecule has 1 heteroatoms. The van der Waals surface area contributed by atoms with Gasteiger partial charge in [0, 0.05) is 12.1 Å². The summed E-state index contributed by atoms with van der Waals surface area (Å²) in [4.78, 5) is 0. The average molecular weight is 265 g/mol. The molecule has 0 heterocycles. The molecule has 112 valence electrons. The highest BCUT2D eigenvalue weighted by Crippen LogP contribution is 2.35. The Morgan fingerprint density at radius 2 is 1.21 bits per heavy atom. The lowest BCUT2D eigenvalue weighted by molar-refractivity contribution is 0.288. The number of hydrogen-bond donors (Lipinski definition) is 1. The van der Waals surface area contributed by atoms with Crippen molar-refractivity contribution in [3.05, 3.63) is 0 Å². The molecule has 0 saturated heterocycles. The van der Waals surface area contributed by atoms with Gasteiger partial charge < -0.3 is 5.32 Å². The van der Waals surface area contributed by atoms with Crippen LogP contribution in [0, 0.1) is 11.8 Å². The third-order valence-corrected chi connectivity index (χ3v) is 5.60. The van der Waals surface area contributed by atoms with Crippen LogP contribution in [-0.4, -0.2) is 12.1 Å². The fourth-order valence-corrected chi connectivity index (χ4v) is 4.41. The lowest BCUT2D eigenvalue weighted by atomic mass is 9.92. The van der Waals surface area contributed by atoms with E-state index < -0.39 is 0 Å². The molecule has 2 aliphatic rings. The molecule has 0 aliphatic heterocycles. The van der Waals surface area contributed by atoms with Crippen LogP contribution in [0.4, 0.5) is 0 Å². The summed E-state index contributed by atoms with van der Waals surface area (Å²) < 4.78 is 0.